The van der Waals surface area contributed by atoms with Crippen LogP contribution < -0.4 is 5.32 Å². The maximum absolute atomic E-state index is 12.3. The molecular weight excluding hydrogens is 300 g/mol. The van der Waals surface area contributed by atoms with Gasteiger partial charge in [0.05, 0.1) is 0 Å². The number of hydrogen-bond donors (Lipinski definition) is 1. The highest BCUT2D eigenvalue weighted by molar-refractivity contribution is 5.74. The van der Waals surface area contributed by atoms with E-state index in [-0.39, 0.29) is 6.03 Å². The molecule has 2 amide bonds. The topological polar surface area (TPSA) is 48.5 Å². The van der Waals surface area contributed by atoms with Gasteiger partial charge < -0.3 is 10.2 Å². The predicted octanol–water partition coefficient (Wildman–Crippen LogP) is 2.80. The summed E-state index contributed by atoms with van der Waals surface area (Å²) in [4.78, 5) is 20.7. The van der Waals surface area contributed by atoms with Crippen molar-refractivity contribution in [2.75, 3.05) is 32.7 Å². The van der Waals surface area contributed by atoms with Crippen LogP contribution in [0.4, 0.5) is 4.79 Å². The molecule has 0 aromatic carbocycles. The number of rotatable bonds is 5. The van der Waals surface area contributed by atoms with Crippen LogP contribution in [0.3, 0.4) is 0 Å². The Labute approximate surface area is 144 Å². The largest absolute Gasteiger partial charge is 0.338 e. The number of urea groups is 1. The van der Waals surface area contributed by atoms with Gasteiger partial charge >= 0.3 is 6.03 Å². The molecule has 0 saturated carbocycles. The van der Waals surface area contributed by atoms with Crippen LogP contribution in [-0.4, -0.2) is 53.5 Å². The number of carbonyl (C=O) groups is 1. The van der Waals surface area contributed by atoms with Gasteiger partial charge in [-0.05, 0) is 49.8 Å². The molecule has 5 nitrogen and oxygen atoms in total. The van der Waals surface area contributed by atoms with Crippen molar-refractivity contribution >= 4 is 6.03 Å². The Kier molecular flexibility index (Phi) is 6.24. The zero-order valence-electron chi connectivity index (χ0n) is 14.4. The minimum absolute atomic E-state index is 0.0926. The lowest BCUT2D eigenvalue weighted by Gasteiger charge is -2.34. The normalized spacial score (nSPS) is 19.0. The summed E-state index contributed by atoms with van der Waals surface area (Å²) in [7, 11) is 0. The number of nitrogens with one attached hydrogen (secondary N) is 1. The number of aromatic nitrogens is 1. The zero-order valence-corrected chi connectivity index (χ0v) is 14.4. The maximum Gasteiger partial charge on any atom is 0.317 e. The number of amides is 2. The summed E-state index contributed by atoms with van der Waals surface area (Å²) in [6, 6.07) is 4.20. The molecule has 0 bridgehead atoms. The first kappa shape index (κ1) is 17.0. The molecule has 1 aromatic heterocycles. The molecular formula is C19H28N4O. The van der Waals surface area contributed by atoms with Crippen molar-refractivity contribution < 1.29 is 4.79 Å². The lowest BCUT2D eigenvalue weighted by molar-refractivity contribution is 0.135. The van der Waals surface area contributed by atoms with Crippen LogP contribution in [0.15, 0.2) is 36.2 Å². The van der Waals surface area contributed by atoms with Gasteiger partial charge in [-0.25, -0.2) is 4.79 Å². The molecule has 1 aliphatic heterocycles. The Bertz CT molecular complexity index is 550. The Morgan fingerprint density at radius 3 is 2.62 bits per heavy atom. The third kappa shape index (κ3) is 5.06. The number of carbonyl (C=O) groups excluding carboxylic acids is 1. The molecule has 1 saturated heterocycles. The molecule has 0 radical (unpaired) electrons. The quantitative estimate of drug-likeness (QED) is 0.846. The molecule has 2 heterocycles. The molecule has 5 heteroatoms. The first-order chi connectivity index (χ1) is 11.8. The van der Waals surface area contributed by atoms with Gasteiger partial charge in [-0.1, -0.05) is 11.6 Å². The maximum atomic E-state index is 12.3. The first-order valence-corrected chi connectivity index (χ1v) is 9.13. The van der Waals surface area contributed by atoms with Gasteiger partial charge in [-0.3, -0.25) is 9.88 Å². The SMILES string of the molecule is O=C(NCCC1=CCCCC1)N1CCN(Cc2ccncc2)CC1. The highest BCUT2D eigenvalue weighted by atomic mass is 16.2. The lowest BCUT2D eigenvalue weighted by Crippen LogP contribution is -2.51. The average Bonchev–Trinajstić information content (AvgIpc) is 2.64. The van der Waals surface area contributed by atoms with Crippen LogP contribution in [0, 0.1) is 0 Å². The first-order valence-electron chi connectivity index (χ1n) is 9.13. The summed E-state index contributed by atoms with van der Waals surface area (Å²) in [5.41, 5.74) is 2.80. The summed E-state index contributed by atoms with van der Waals surface area (Å²) in [5, 5.41) is 3.08. The van der Waals surface area contributed by atoms with Crippen LogP contribution in [-0.2, 0) is 6.54 Å². The van der Waals surface area contributed by atoms with E-state index >= 15 is 0 Å². The fourth-order valence-corrected chi connectivity index (χ4v) is 3.43. The zero-order chi connectivity index (χ0) is 16.6. The minimum Gasteiger partial charge on any atom is -0.338 e. The van der Waals surface area contributed by atoms with Crippen LogP contribution in [0.5, 0.6) is 0 Å². The third-order valence-corrected chi connectivity index (χ3v) is 4.92. The van der Waals surface area contributed by atoms with Gasteiger partial charge in [-0.15, -0.1) is 0 Å². The lowest BCUT2D eigenvalue weighted by atomic mass is 9.97. The van der Waals surface area contributed by atoms with Crippen molar-refractivity contribution in [3.05, 3.63) is 41.7 Å². The van der Waals surface area contributed by atoms with Crippen LogP contribution in [0.25, 0.3) is 0 Å². The van der Waals surface area contributed by atoms with E-state index in [0.717, 1.165) is 45.7 Å². The van der Waals surface area contributed by atoms with Gasteiger partial charge in [0.2, 0.25) is 0 Å². The van der Waals surface area contributed by atoms with Gasteiger partial charge in [0.25, 0.3) is 0 Å². The van der Waals surface area contributed by atoms with Crippen molar-refractivity contribution in [1.82, 2.24) is 20.1 Å². The monoisotopic (exact) mass is 328 g/mol. The van der Waals surface area contributed by atoms with E-state index in [1.54, 1.807) is 0 Å². The fraction of sp³-hybridized carbons (Fsp3) is 0.579. The molecule has 130 valence electrons. The van der Waals surface area contributed by atoms with E-state index in [2.05, 4.69) is 33.4 Å². The number of hydrogen-bond acceptors (Lipinski definition) is 3. The molecule has 0 unspecified atom stereocenters. The molecule has 1 N–H and O–H groups in total. The summed E-state index contributed by atoms with van der Waals surface area (Å²) in [6.45, 7) is 5.18. The van der Waals surface area contributed by atoms with Crippen LogP contribution in [0.2, 0.25) is 0 Å². The average molecular weight is 328 g/mol. The second kappa shape index (κ2) is 8.83. The second-order valence-electron chi connectivity index (χ2n) is 6.71. The van der Waals surface area contributed by atoms with Gasteiger partial charge in [0.15, 0.2) is 0 Å². The highest BCUT2D eigenvalue weighted by Crippen LogP contribution is 2.19. The van der Waals surface area contributed by atoms with Crippen molar-refractivity contribution in [3.8, 4) is 0 Å². The van der Waals surface area contributed by atoms with Gasteiger partial charge in [0, 0.05) is 51.7 Å². The highest BCUT2D eigenvalue weighted by Gasteiger charge is 2.20. The standard InChI is InChI=1S/C19H28N4O/c24-19(21-11-8-17-4-2-1-3-5-17)23-14-12-22(13-15-23)16-18-6-9-20-10-7-18/h4,6-7,9-10H,1-3,5,8,11-16H2,(H,21,24). The third-order valence-electron chi connectivity index (χ3n) is 4.92. The summed E-state index contributed by atoms with van der Waals surface area (Å²) in [6.07, 6.45) is 12.1. The Balaban J connectivity index is 1.35. The summed E-state index contributed by atoms with van der Waals surface area (Å²) in [5.74, 6) is 0. The molecule has 24 heavy (non-hydrogen) atoms. The van der Waals surface area contributed by atoms with E-state index < -0.39 is 0 Å². The van der Waals surface area contributed by atoms with E-state index in [1.807, 2.05) is 17.3 Å². The fourth-order valence-electron chi connectivity index (χ4n) is 3.43. The van der Waals surface area contributed by atoms with Crippen molar-refractivity contribution in [2.45, 2.75) is 38.6 Å². The van der Waals surface area contributed by atoms with Crippen molar-refractivity contribution in [3.63, 3.8) is 0 Å². The summed E-state index contributed by atoms with van der Waals surface area (Å²) < 4.78 is 0. The van der Waals surface area contributed by atoms with Gasteiger partial charge in [0.1, 0.15) is 0 Å². The van der Waals surface area contributed by atoms with E-state index in [4.69, 9.17) is 0 Å². The van der Waals surface area contributed by atoms with Crippen molar-refractivity contribution in [2.24, 2.45) is 0 Å². The van der Waals surface area contributed by atoms with E-state index in [9.17, 15) is 4.79 Å². The predicted molar refractivity (Wildman–Crippen MR) is 95.7 cm³/mol. The van der Waals surface area contributed by atoms with Crippen LogP contribution >= 0.6 is 0 Å². The minimum atomic E-state index is 0.0926. The Hall–Kier alpha value is -1.88. The Morgan fingerprint density at radius 2 is 1.92 bits per heavy atom. The number of pyridine rings is 1. The number of allylic oxidation sites excluding steroid dienone is 1. The molecule has 0 spiro atoms. The Morgan fingerprint density at radius 1 is 1.12 bits per heavy atom. The van der Waals surface area contributed by atoms with Crippen molar-refractivity contribution in [1.29, 1.82) is 0 Å². The van der Waals surface area contributed by atoms with E-state index in [1.165, 1.54) is 36.8 Å². The van der Waals surface area contributed by atoms with Gasteiger partial charge in [-0.2, -0.15) is 0 Å². The number of nitrogens with zero attached hydrogens (tertiary/aromatic N) is 3. The molecule has 1 aromatic rings. The second-order valence-corrected chi connectivity index (χ2v) is 6.71. The smallest absolute Gasteiger partial charge is 0.317 e. The molecule has 2 aliphatic rings. The molecule has 3 rings (SSSR count). The molecule has 0 atom stereocenters. The number of piperazine rings is 1. The van der Waals surface area contributed by atoms with Crippen LogP contribution in [0.1, 0.15) is 37.7 Å². The molecule has 1 fully saturated rings. The van der Waals surface area contributed by atoms with E-state index in [0.29, 0.717) is 0 Å². The molecule has 1 aliphatic carbocycles. The summed E-state index contributed by atoms with van der Waals surface area (Å²) >= 11 is 0.